The van der Waals surface area contributed by atoms with Gasteiger partial charge in [-0.25, -0.2) is 0 Å². The smallest absolute Gasteiger partial charge is 0.138 e. The summed E-state index contributed by atoms with van der Waals surface area (Å²) in [7, 11) is 0. The SMILES string of the molecule is CC(C)Oc1ccc(NC(C)c2cccc(O)c2)cc1Cl. The molecule has 0 fully saturated rings. The molecular weight excluding hydrogens is 286 g/mol. The van der Waals surface area contributed by atoms with E-state index in [-0.39, 0.29) is 17.9 Å². The zero-order chi connectivity index (χ0) is 15.4. The number of rotatable bonds is 5. The maximum Gasteiger partial charge on any atom is 0.138 e. The highest BCUT2D eigenvalue weighted by atomic mass is 35.5. The van der Waals surface area contributed by atoms with Gasteiger partial charge in [-0.2, -0.15) is 0 Å². The van der Waals surface area contributed by atoms with Crippen molar-refractivity contribution < 1.29 is 9.84 Å². The van der Waals surface area contributed by atoms with Crippen LogP contribution in [-0.2, 0) is 0 Å². The molecule has 112 valence electrons. The molecule has 1 atom stereocenters. The standard InChI is InChI=1S/C17H20ClNO2/c1-11(2)21-17-8-7-14(10-16(17)18)19-12(3)13-5-4-6-15(20)9-13/h4-12,19-20H,1-3H3. The van der Waals surface area contributed by atoms with E-state index in [9.17, 15) is 5.11 Å². The van der Waals surface area contributed by atoms with E-state index in [1.54, 1.807) is 12.1 Å². The third kappa shape index (κ3) is 4.30. The average Bonchev–Trinajstić information content (AvgIpc) is 2.41. The van der Waals surface area contributed by atoms with E-state index in [0.717, 1.165) is 11.3 Å². The van der Waals surface area contributed by atoms with Crippen LogP contribution >= 0.6 is 11.6 Å². The van der Waals surface area contributed by atoms with Gasteiger partial charge in [-0.3, -0.25) is 0 Å². The van der Waals surface area contributed by atoms with Gasteiger partial charge in [0, 0.05) is 11.7 Å². The van der Waals surface area contributed by atoms with Crippen LogP contribution in [0.2, 0.25) is 5.02 Å². The Morgan fingerprint density at radius 2 is 1.86 bits per heavy atom. The van der Waals surface area contributed by atoms with Gasteiger partial charge in [-0.05, 0) is 56.7 Å². The van der Waals surface area contributed by atoms with E-state index in [1.165, 1.54) is 0 Å². The van der Waals surface area contributed by atoms with Gasteiger partial charge in [0.05, 0.1) is 11.1 Å². The van der Waals surface area contributed by atoms with Crippen molar-refractivity contribution in [2.24, 2.45) is 0 Å². The average molecular weight is 306 g/mol. The van der Waals surface area contributed by atoms with E-state index in [2.05, 4.69) is 5.32 Å². The summed E-state index contributed by atoms with van der Waals surface area (Å²) in [5.41, 5.74) is 1.92. The van der Waals surface area contributed by atoms with Gasteiger partial charge in [0.2, 0.25) is 0 Å². The molecule has 0 aromatic heterocycles. The molecule has 1 unspecified atom stereocenters. The number of hydrogen-bond donors (Lipinski definition) is 2. The van der Waals surface area contributed by atoms with Crippen molar-refractivity contribution in [1.82, 2.24) is 0 Å². The molecule has 0 aliphatic heterocycles. The maximum atomic E-state index is 9.53. The largest absolute Gasteiger partial charge is 0.508 e. The number of aromatic hydroxyl groups is 1. The lowest BCUT2D eigenvalue weighted by atomic mass is 10.1. The molecule has 3 nitrogen and oxygen atoms in total. The van der Waals surface area contributed by atoms with Crippen molar-refractivity contribution in [1.29, 1.82) is 0 Å². The molecule has 2 aromatic carbocycles. The fraction of sp³-hybridized carbons (Fsp3) is 0.294. The van der Waals surface area contributed by atoms with E-state index in [1.807, 2.05) is 51.1 Å². The quantitative estimate of drug-likeness (QED) is 0.816. The Balaban J connectivity index is 2.11. The number of halogens is 1. The zero-order valence-electron chi connectivity index (χ0n) is 12.4. The first-order valence-corrected chi connectivity index (χ1v) is 7.35. The van der Waals surface area contributed by atoms with E-state index in [4.69, 9.17) is 16.3 Å². The van der Waals surface area contributed by atoms with Gasteiger partial charge in [-0.1, -0.05) is 23.7 Å². The number of hydrogen-bond acceptors (Lipinski definition) is 3. The number of ether oxygens (including phenoxy) is 1. The van der Waals surface area contributed by atoms with Crippen molar-refractivity contribution in [3.05, 3.63) is 53.1 Å². The normalized spacial score (nSPS) is 12.2. The number of phenols is 1. The maximum absolute atomic E-state index is 9.53. The van der Waals surface area contributed by atoms with Crippen LogP contribution in [-0.4, -0.2) is 11.2 Å². The van der Waals surface area contributed by atoms with Crippen LogP contribution in [0.15, 0.2) is 42.5 Å². The molecule has 0 amide bonds. The highest BCUT2D eigenvalue weighted by Gasteiger charge is 2.09. The van der Waals surface area contributed by atoms with Crippen LogP contribution < -0.4 is 10.1 Å². The van der Waals surface area contributed by atoms with Crippen LogP contribution in [0.1, 0.15) is 32.4 Å². The first-order chi connectivity index (χ1) is 9.95. The van der Waals surface area contributed by atoms with E-state index >= 15 is 0 Å². The molecule has 2 rings (SSSR count). The van der Waals surface area contributed by atoms with Crippen LogP contribution in [0.25, 0.3) is 0 Å². The third-order valence-corrected chi connectivity index (χ3v) is 3.34. The lowest BCUT2D eigenvalue weighted by Crippen LogP contribution is -2.08. The number of nitrogens with one attached hydrogen (secondary N) is 1. The molecule has 2 aromatic rings. The van der Waals surface area contributed by atoms with Crippen molar-refractivity contribution >= 4 is 17.3 Å². The monoisotopic (exact) mass is 305 g/mol. The Hall–Kier alpha value is -1.87. The fourth-order valence-electron chi connectivity index (χ4n) is 2.07. The second-order valence-electron chi connectivity index (χ2n) is 5.27. The second-order valence-corrected chi connectivity index (χ2v) is 5.68. The minimum atomic E-state index is 0.0602. The highest BCUT2D eigenvalue weighted by molar-refractivity contribution is 6.32. The first-order valence-electron chi connectivity index (χ1n) is 6.97. The second kappa shape index (κ2) is 6.72. The summed E-state index contributed by atoms with van der Waals surface area (Å²) in [5, 5.41) is 13.5. The molecule has 0 bridgehead atoms. The minimum absolute atomic E-state index is 0.0602. The van der Waals surface area contributed by atoms with Gasteiger partial charge in [0.1, 0.15) is 11.5 Å². The number of anilines is 1. The van der Waals surface area contributed by atoms with Gasteiger partial charge in [0.25, 0.3) is 0 Å². The Labute approximate surface area is 130 Å². The van der Waals surface area contributed by atoms with Crippen LogP contribution in [0, 0.1) is 0 Å². The summed E-state index contributed by atoms with van der Waals surface area (Å²) in [4.78, 5) is 0. The molecule has 0 aliphatic rings. The molecular formula is C17H20ClNO2. The van der Waals surface area contributed by atoms with Gasteiger partial charge in [-0.15, -0.1) is 0 Å². The summed E-state index contributed by atoms with van der Waals surface area (Å²) in [6, 6.07) is 12.9. The Bertz CT molecular complexity index is 613. The molecule has 2 N–H and O–H groups in total. The first kappa shape index (κ1) is 15.5. The Morgan fingerprint density at radius 3 is 2.48 bits per heavy atom. The summed E-state index contributed by atoms with van der Waals surface area (Å²) < 4.78 is 5.61. The van der Waals surface area contributed by atoms with Crippen LogP contribution in [0.3, 0.4) is 0 Å². The number of phenolic OH excluding ortho intramolecular Hbond substituents is 1. The van der Waals surface area contributed by atoms with Crippen LogP contribution in [0.4, 0.5) is 5.69 Å². The van der Waals surface area contributed by atoms with Crippen molar-refractivity contribution in [2.75, 3.05) is 5.32 Å². The van der Waals surface area contributed by atoms with Crippen molar-refractivity contribution in [3.8, 4) is 11.5 Å². The molecule has 0 spiro atoms. The molecule has 0 radical (unpaired) electrons. The van der Waals surface area contributed by atoms with Gasteiger partial charge in [0.15, 0.2) is 0 Å². The third-order valence-electron chi connectivity index (χ3n) is 3.05. The number of benzene rings is 2. The summed E-state index contributed by atoms with van der Waals surface area (Å²) in [5.74, 6) is 0.946. The molecule has 4 heteroatoms. The topological polar surface area (TPSA) is 41.5 Å². The predicted octanol–water partition coefficient (Wildman–Crippen LogP) is 5.01. The van der Waals surface area contributed by atoms with Gasteiger partial charge < -0.3 is 15.2 Å². The van der Waals surface area contributed by atoms with Gasteiger partial charge >= 0.3 is 0 Å². The lowest BCUT2D eigenvalue weighted by molar-refractivity contribution is 0.242. The highest BCUT2D eigenvalue weighted by Crippen LogP contribution is 2.30. The molecule has 21 heavy (non-hydrogen) atoms. The van der Waals surface area contributed by atoms with Crippen molar-refractivity contribution in [3.63, 3.8) is 0 Å². The van der Waals surface area contributed by atoms with Crippen LogP contribution in [0.5, 0.6) is 11.5 Å². The summed E-state index contributed by atoms with van der Waals surface area (Å²) in [6.45, 7) is 5.96. The lowest BCUT2D eigenvalue weighted by Gasteiger charge is -2.17. The zero-order valence-corrected chi connectivity index (χ0v) is 13.2. The Kier molecular flexibility index (Phi) is 4.97. The molecule has 0 heterocycles. The molecule has 0 saturated carbocycles. The van der Waals surface area contributed by atoms with Crippen molar-refractivity contribution in [2.45, 2.75) is 32.9 Å². The minimum Gasteiger partial charge on any atom is -0.508 e. The van der Waals surface area contributed by atoms with E-state index in [0.29, 0.717) is 10.8 Å². The summed E-state index contributed by atoms with van der Waals surface area (Å²) in [6.07, 6.45) is 0.0903. The van der Waals surface area contributed by atoms with E-state index < -0.39 is 0 Å². The summed E-state index contributed by atoms with van der Waals surface area (Å²) >= 11 is 6.22. The molecule has 0 aliphatic carbocycles. The molecule has 0 saturated heterocycles. The fourth-order valence-corrected chi connectivity index (χ4v) is 2.29. The predicted molar refractivity (Wildman–Crippen MR) is 87.4 cm³/mol. The Morgan fingerprint density at radius 1 is 1.10 bits per heavy atom.